The predicted octanol–water partition coefficient (Wildman–Crippen LogP) is 2.92. The van der Waals surface area contributed by atoms with Crippen LogP contribution in [-0.4, -0.2) is 26.5 Å². The number of benzene rings is 1. The quantitative estimate of drug-likeness (QED) is 0.705. The number of thiophene rings is 1. The number of aryl methyl sites for hydroxylation is 1. The van der Waals surface area contributed by atoms with Crippen molar-refractivity contribution in [1.29, 1.82) is 0 Å². The molecule has 2 aromatic heterocycles. The number of carbonyl (C=O) groups is 2. The van der Waals surface area contributed by atoms with Gasteiger partial charge in [0.2, 0.25) is 5.91 Å². The second-order valence-corrected chi connectivity index (χ2v) is 8.22. The average Bonchev–Trinajstić information content (AvgIpc) is 3.02. The first-order valence-electron chi connectivity index (χ1n) is 9.05. The fourth-order valence-corrected chi connectivity index (χ4v) is 4.87. The number of amides is 1. The molecule has 1 amide bonds. The molecule has 144 valence electrons. The molecule has 8 heteroatoms. The van der Waals surface area contributed by atoms with Crippen LogP contribution in [0.1, 0.15) is 34.1 Å². The van der Waals surface area contributed by atoms with Crippen LogP contribution in [0.15, 0.2) is 35.4 Å². The molecular formula is C20H19N3O4S. The monoisotopic (exact) mass is 397 g/mol. The second-order valence-electron chi connectivity index (χ2n) is 7.14. The lowest BCUT2D eigenvalue weighted by molar-refractivity contribution is -0.116. The standard InChI is InChI=1S/C20H19N3O4S/c1-11-2-7-14-15(8-11)28-18-17(14)19(25)23(10-21-18)9-16(24)22-13-5-3-12(4-6-13)20(26)27/h3-6,10-11H,2,7-9H2,1H3,(H,22,24)(H,26,27). The maximum Gasteiger partial charge on any atom is 0.335 e. The minimum Gasteiger partial charge on any atom is -0.478 e. The molecular weight excluding hydrogens is 378 g/mol. The molecule has 2 N–H and O–H groups in total. The normalized spacial score (nSPS) is 16.0. The first-order valence-corrected chi connectivity index (χ1v) is 9.87. The fourth-order valence-electron chi connectivity index (χ4n) is 3.53. The minimum atomic E-state index is -1.03. The number of carbonyl (C=O) groups excluding carboxylic acids is 1. The lowest BCUT2D eigenvalue weighted by atomic mass is 9.89. The number of aromatic nitrogens is 2. The minimum absolute atomic E-state index is 0.139. The van der Waals surface area contributed by atoms with Crippen LogP contribution in [-0.2, 0) is 24.2 Å². The zero-order valence-electron chi connectivity index (χ0n) is 15.3. The number of fused-ring (bicyclic) bond motifs is 3. The first-order chi connectivity index (χ1) is 13.4. The van der Waals surface area contributed by atoms with Crippen molar-refractivity contribution in [1.82, 2.24) is 9.55 Å². The van der Waals surface area contributed by atoms with E-state index in [1.165, 1.54) is 40.0 Å². The molecule has 0 aliphatic heterocycles. The summed E-state index contributed by atoms with van der Waals surface area (Å²) in [6, 6.07) is 5.86. The number of carboxylic acid groups (broad SMARTS) is 1. The fraction of sp³-hybridized carbons (Fsp3) is 0.300. The third-order valence-electron chi connectivity index (χ3n) is 5.01. The van der Waals surface area contributed by atoms with Gasteiger partial charge < -0.3 is 10.4 Å². The maximum atomic E-state index is 12.9. The Morgan fingerprint density at radius 1 is 1.32 bits per heavy atom. The summed E-state index contributed by atoms with van der Waals surface area (Å²) in [6.45, 7) is 2.07. The van der Waals surface area contributed by atoms with Crippen LogP contribution in [0.25, 0.3) is 10.2 Å². The molecule has 0 saturated carbocycles. The van der Waals surface area contributed by atoms with Gasteiger partial charge in [0, 0.05) is 10.6 Å². The van der Waals surface area contributed by atoms with Gasteiger partial charge in [0.25, 0.3) is 5.56 Å². The van der Waals surface area contributed by atoms with Crippen LogP contribution in [0.5, 0.6) is 0 Å². The molecule has 0 saturated heterocycles. The maximum absolute atomic E-state index is 12.9. The molecule has 3 aromatic rings. The molecule has 7 nitrogen and oxygen atoms in total. The van der Waals surface area contributed by atoms with Crippen molar-refractivity contribution in [2.75, 3.05) is 5.32 Å². The zero-order valence-corrected chi connectivity index (χ0v) is 16.1. The van der Waals surface area contributed by atoms with E-state index in [-0.39, 0.29) is 23.6 Å². The summed E-state index contributed by atoms with van der Waals surface area (Å²) in [5, 5.41) is 12.2. The van der Waals surface area contributed by atoms with E-state index < -0.39 is 5.97 Å². The number of rotatable bonds is 4. The van der Waals surface area contributed by atoms with Gasteiger partial charge in [0.15, 0.2) is 0 Å². The van der Waals surface area contributed by atoms with Crippen molar-refractivity contribution in [2.24, 2.45) is 5.92 Å². The predicted molar refractivity (Wildman–Crippen MR) is 107 cm³/mol. The summed E-state index contributed by atoms with van der Waals surface area (Å²) in [5.74, 6) is -0.789. The van der Waals surface area contributed by atoms with E-state index in [9.17, 15) is 14.4 Å². The Kier molecular flexibility index (Phi) is 4.72. The molecule has 0 fully saturated rings. The van der Waals surface area contributed by atoms with Crippen molar-refractivity contribution in [3.63, 3.8) is 0 Å². The third-order valence-corrected chi connectivity index (χ3v) is 6.17. The van der Waals surface area contributed by atoms with E-state index in [2.05, 4.69) is 17.2 Å². The molecule has 28 heavy (non-hydrogen) atoms. The molecule has 1 atom stereocenters. The van der Waals surface area contributed by atoms with Crippen LogP contribution in [0.3, 0.4) is 0 Å². The van der Waals surface area contributed by atoms with Gasteiger partial charge in [-0.25, -0.2) is 9.78 Å². The smallest absolute Gasteiger partial charge is 0.335 e. The molecule has 4 rings (SSSR count). The summed E-state index contributed by atoms with van der Waals surface area (Å²) in [4.78, 5) is 42.5. The van der Waals surface area contributed by atoms with Crippen molar-refractivity contribution < 1.29 is 14.7 Å². The highest BCUT2D eigenvalue weighted by atomic mass is 32.1. The topological polar surface area (TPSA) is 101 Å². The van der Waals surface area contributed by atoms with E-state index in [4.69, 9.17) is 5.11 Å². The van der Waals surface area contributed by atoms with Gasteiger partial charge in [-0.2, -0.15) is 0 Å². The highest BCUT2D eigenvalue weighted by molar-refractivity contribution is 7.18. The van der Waals surface area contributed by atoms with E-state index in [0.717, 1.165) is 29.7 Å². The molecule has 1 aromatic carbocycles. The molecule has 0 radical (unpaired) electrons. The van der Waals surface area contributed by atoms with E-state index >= 15 is 0 Å². The van der Waals surface area contributed by atoms with Crippen LogP contribution in [0.4, 0.5) is 5.69 Å². The summed E-state index contributed by atoms with van der Waals surface area (Å²) in [7, 11) is 0. The van der Waals surface area contributed by atoms with E-state index in [1.807, 2.05) is 0 Å². The Morgan fingerprint density at radius 3 is 2.79 bits per heavy atom. The number of nitrogens with one attached hydrogen (secondary N) is 1. The van der Waals surface area contributed by atoms with Gasteiger partial charge in [-0.3, -0.25) is 14.2 Å². The summed E-state index contributed by atoms with van der Waals surface area (Å²) in [5.41, 5.74) is 1.52. The van der Waals surface area contributed by atoms with Crippen molar-refractivity contribution >= 4 is 39.1 Å². The molecule has 1 aliphatic rings. The molecule has 2 heterocycles. The number of aromatic carboxylic acids is 1. The van der Waals surface area contributed by atoms with Crippen molar-refractivity contribution in [2.45, 2.75) is 32.7 Å². The van der Waals surface area contributed by atoms with Crippen molar-refractivity contribution in [3.05, 3.63) is 57.0 Å². The summed E-state index contributed by atoms with van der Waals surface area (Å²) in [6.07, 6.45) is 4.32. The lowest BCUT2D eigenvalue weighted by Crippen LogP contribution is -2.28. The first kappa shape index (κ1) is 18.4. The van der Waals surface area contributed by atoms with Gasteiger partial charge in [0.1, 0.15) is 11.4 Å². The number of nitrogens with zero attached hydrogens (tertiary/aromatic N) is 2. The largest absolute Gasteiger partial charge is 0.478 e. The Morgan fingerprint density at radius 2 is 2.07 bits per heavy atom. The van der Waals surface area contributed by atoms with Crippen molar-refractivity contribution in [3.8, 4) is 0 Å². The highest BCUT2D eigenvalue weighted by Gasteiger charge is 2.23. The molecule has 0 spiro atoms. The molecule has 1 unspecified atom stereocenters. The molecule has 0 bridgehead atoms. The van der Waals surface area contributed by atoms with E-state index in [1.54, 1.807) is 11.3 Å². The lowest BCUT2D eigenvalue weighted by Gasteiger charge is -2.17. The number of hydrogen-bond acceptors (Lipinski definition) is 5. The molecule has 1 aliphatic carbocycles. The third kappa shape index (κ3) is 3.43. The number of hydrogen-bond donors (Lipinski definition) is 2. The van der Waals surface area contributed by atoms with Gasteiger partial charge in [-0.15, -0.1) is 11.3 Å². The van der Waals surface area contributed by atoms with Crippen LogP contribution in [0, 0.1) is 5.92 Å². The SMILES string of the molecule is CC1CCc2c(sc3ncn(CC(=O)Nc4ccc(C(=O)O)cc4)c(=O)c23)C1. The van der Waals surface area contributed by atoms with Crippen LogP contribution < -0.4 is 10.9 Å². The Hall–Kier alpha value is -3.00. The summed E-state index contributed by atoms with van der Waals surface area (Å²) >= 11 is 1.58. The van der Waals surface area contributed by atoms with Crippen LogP contribution in [0.2, 0.25) is 0 Å². The second kappa shape index (κ2) is 7.20. The zero-order chi connectivity index (χ0) is 19.8. The Balaban J connectivity index is 1.56. The van der Waals surface area contributed by atoms with E-state index in [0.29, 0.717) is 17.0 Å². The van der Waals surface area contributed by atoms with Gasteiger partial charge in [-0.1, -0.05) is 6.92 Å². The highest BCUT2D eigenvalue weighted by Crippen LogP contribution is 2.35. The Labute approximate surface area is 164 Å². The Bertz CT molecular complexity index is 1130. The van der Waals surface area contributed by atoms with Gasteiger partial charge in [0.05, 0.1) is 17.3 Å². The van der Waals surface area contributed by atoms with Gasteiger partial charge >= 0.3 is 5.97 Å². The van der Waals surface area contributed by atoms with Gasteiger partial charge in [-0.05, 0) is 55.0 Å². The number of anilines is 1. The average molecular weight is 397 g/mol. The van der Waals surface area contributed by atoms with Crippen LogP contribution >= 0.6 is 11.3 Å². The number of carboxylic acids is 1. The summed E-state index contributed by atoms with van der Waals surface area (Å²) < 4.78 is 1.33.